The lowest BCUT2D eigenvalue weighted by Gasteiger charge is -2.19. The summed E-state index contributed by atoms with van der Waals surface area (Å²) in [6.45, 7) is 8.19. The third-order valence-corrected chi connectivity index (χ3v) is 2.15. The molecule has 0 radical (unpaired) electrons. The quantitative estimate of drug-likeness (QED) is 0.369. The molecule has 0 aliphatic carbocycles. The standard InChI is InChI=1S/C7H15N2/c1-7-4-5-9(3,6-7)8-2/h7H,2,4-6H2,1,3H3/q+1. The Morgan fingerprint density at radius 3 is 2.56 bits per heavy atom. The van der Waals surface area contributed by atoms with Crippen LogP contribution >= 0.6 is 0 Å². The summed E-state index contributed by atoms with van der Waals surface area (Å²) in [4.78, 5) is 0. The first-order valence-electron chi connectivity index (χ1n) is 3.49. The van der Waals surface area contributed by atoms with Crippen molar-refractivity contribution in [2.45, 2.75) is 13.3 Å². The van der Waals surface area contributed by atoms with E-state index < -0.39 is 0 Å². The third-order valence-electron chi connectivity index (χ3n) is 2.15. The van der Waals surface area contributed by atoms with E-state index in [0.717, 1.165) is 10.5 Å². The number of likely N-dealkylation sites (tertiary alicyclic amines) is 1. The van der Waals surface area contributed by atoms with Gasteiger partial charge in [-0.25, -0.2) is 4.59 Å². The van der Waals surface area contributed by atoms with Crippen LogP contribution in [0.5, 0.6) is 0 Å². The van der Waals surface area contributed by atoms with E-state index in [4.69, 9.17) is 0 Å². The molecule has 0 saturated carbocycles. The van der Waals surface area contributed by atoms with Crippen LogP contribution in [0, 0.1) is 5.92 Å². The number of hydrogen-bond acceptors (Lipinski definition) is 1. The maximum atomic E-state index is 4.06. The van der Waals surface area contributed by atoms with E-state index >= 15 is 0 Å². The molecule has 0 aromatic carbocycles. The van der Waals surface area contributed by atoms with E-state index in [9.17, 15) is 0 Å². The van der Waals surface area contributed by atoms with Crippen LogP contribution in [0.2, 0.25) is 0 Å². The summed E-state index contributed by atoms with van der Waals surface area (Å²) in [5, 5.41) is 4.06. The molecular weight excluding hydrogens is 112 g/mol. The largest absolute Gasteiger partial charge is 0.201 e. The van der Waals surface area contributed by atoms with Crippen molar-refractivity contribution >= 4 is 6.72 Å². The minimum Gasteiger partial charge on any atom is -0.201 e. The Bertz CT molecular complexity index is 122. The molecule has 2 heteroatoms. The van der Waals surface area contributed by atoms with Crippen LogP contribution in [0.1, 0.15) is 13.3 Å². The molecule has 9 heavy (non-hydrogen) atoms. The van der Waals surface area contributed by atoms with Gasteiger partial charge in [0.25, 0.3) is 0 Å². The van der Waals surface area contributed by atoms with E-state index in [1.54, 1.807) is 0 Å². The second kappa shape index (κ2) is 2.10. The molecule has 0 N–H and O–H groups in total. The van der Waals surface area contributed by atoms with E-state index in [0.29, 0.717) is 0 Å². The van der Waals surface area contributed by atoms with Crippen molar-refractivity contribution in [2.75, 3.05) is 20.1 Å². The molecule has 1 rings (SSSR count). The maximum absolute atomic E-state index is 4.06. The van der Waals surface area contributed by atoms with Crippen LogP contribution in [-0.2, 0) is 0 Å². The summed E-state index contributed by atoms with van der Waals surface area (Å²) >= 11 is 0. The van der Waals surface area contributed by atoms with Gasteiger partial charge in [0.2, 0.25) is 0 Å². The van der Waals surface area contributed by atoms with Gasteiger partial charge in [-0.05, 0) is 0 Å². The second-order valence-corrected chi connectivity index (χ2v) is 3.28. The lowest BCUT2D eigenvalue weighted by molar-refractivity contribution is -0.905. The van der Waals surface area contributed by atoms with Gasteiger partial charge in [-0.2, -0.15) is 0 Å². The first-order chi connectivity index (χ1) is 4.16. The molecular formula is C7H15N2+. The Morgan fingerprint density at radius 2 is 2.33 bits per heavy atom. The van der Waals surface area contributed by atoms with Crippen LogP contribution in [0.25, 0.3) is 0 Å². The molecule has 2 nitrogen and oxygen atoms in total. The first-order valence-corrected chi connectivity index (χ1v) is 3.49. The maximum Gasteiger partial charge on any atom is 0.106 e. The molecule has 2 unspecified atom stereocenters. The third kappa shape index (κ3) is 1.30. The number of hydrogen-bond donors (Lipinski definition) is 0. The number of quaternary nitrogens is 1. The van der Waals surface area contributed by atoms with Gasteiger partial charge < -0.3 is 0 Å². The molecule has 0 spiro atoms. The van der Waals surface area contributed by atoms with E-state index in [1.807, 2.05) is 0 Å². The predicted molar refractivity (Wildman–Crippen MR) is 39.2 cm³/mol. The summed E-state index contributed by atoms with van der Waals surface area (Å²) in [6.07, 6.45) is 1.30. The summed E-state index contributed by atoms with van der Waals surface area (Å²) < 4.78 is 0.821. The van der Waals surface area contributed by atoms with Crippen molar-refractivity contribution in [2.24, 2.45) is 11.0 Å². The van der Waals surface area contributed by atoms with Gasteiger partial charge in [-0.3, -0.25) is 0 Å². The summed E-state index contributed by atoms with van der Waals surface area (Å²) in [6, 6.07) is 0. The monoisotopic (exact) mass is 127 g/mol. The van der Waals surface area contributed by atoms with Crippen LogP contribution in [0.15, 0.2) is 5.10 Å². The van der Waals surface area contributed by atoms with Crippen molar-refractivity contribution in [3.8, 4) is 0 Å². The molecule has 0 aromatic rings. The molecule has 0 bridgehead atoms. The highest BCUT2D eigenvalue weighted by Crippen LogP contribution is 2.21. The zero-order chi connectivity index (χ0) is 6.91. The highest BCUT2D eigenvalue weighted by atomic mass is 15.6. The Labute approximate surface area is 56.8 Å². The molecule has 0 amide bonds. The van der Waals surface area contributed by atoms with Gasteiger partial charge in [-0.15, -0.1) is 0 Å². The summed E-state index contributed by atoms with van der Waals surface area (Å²) in [5.74, 6) is 0.834. The van der Waals surface area contributed by atoms with Crippen LogP contribution in [-0.4, -0.2) is 31.4 Å². The molecule has 1 saturated heterocycles. The Kier molecular flexibility index (Phi) is 1.58. The first kappa shape index (κ1) is 6.75. The van der Waals surface area contributed by atoms with Crippen molar-refractivity contribution in [1.82, 2.24) is 0 Å². The van der Waals surface area contributed by atoms with Crippen molar-refractivity contribution < 1.29 is 4.59 Å². The van der Waals surface area contributed by atoms with Gasteiger partial charge in [0, 0.05) is 19.1 Å². The van der Waals surface area contributed by atoms with E-state index in [-0.39, 0.29) is 0 Å². The van der Waals surface area contributed by atoms with Gasteiger partial charge in [0.15, 0.2) is 0 Å². The fourth-order valence-corrected chi connectivity index (χ4v) is 1.48. The predicted octanol–water partition coefficient (Wildman–Crippen LogP) is 1.09. The highest BCUT2D eigenvalue weighted by molar-refractivity contribution is 5.21. The Balaban J connectivity index is 2.54. The van der Waals surface area contributed by atoms with Gasteiger partial charge in [0.1, 0.15) is 13.1 Å². The molecule has 0 aromatic heterocycles. The molecule has 2 atom stereocenters. The SMILES string of the molecule is C=N[N+]1(C)CCC(C)C1. The average Bonchev–Trinajstić information content (AvgIpc) is 2.13. The van der Waals surface area contributed by atoms with Gasteiger partial charge in [-0.1, -0.05) is 12.0 Å². The van der Waals surface area contributed by atoms with Gasteiger partial charge >= 0.3 is 0 Å². The second-order valence-electron chi connectivity index (χ2n) is 3.28. The fourth-order valence-electron chi connectivity index (χ4n) is 1.48. The van der Waals surface area contributed by atoms with Crippen molar-refractivity contribution in [3.63, 3.8) is 0 Å². The van der Waals surface area contributed by atoms with Crippen LogP contribution in [0.3, 0.4) is 0 Å². The van der Waals surface area contributed by atoms with Crippen molar-refractivity contribution in [3.05, 3.63) is 0 Å². The topological polar surface area (TPSA) is 12.4 Å². The molecule has 1 aliphatic heterocycles. The molecule has 1 heterocycles. The molecule has 1 aliphatic rings. The lowest BCUT2D eigenvalue weighted by atomic mass is 10.2. The highest BCUT2D eigenvalue weighted by Gasteiger charge is 2.31. The van der Waals surface area contributed by atoms with E-state index in [2.05, 4.69) is 25.8 Å². The van der Waals surface area contributed by atoms with Crippen molar-refractivity contribution in [1.29, 1.82) is 0 Å². The minimum absolute atomic E-state index is 0.821. The molecule has 1 fully saturated rings. The Hall–Kier alpha value is -0.370. The average molecular weight is 127 g/mol. The summed E-state index contributed by atoms with van der Waals surface area (Å²) in [7, 11) is 2.14. The number of rotatable bonds is 1. The zero-order valence-electron chi connectivity index (χ0n) is 6.30. The van der Waals surface area contributed by atoms with Crippen LogP contribution < -0.4 is 0 Å². The Morgan fingerprint density at radius 1 is 1.67 bits per heavy atom. The lowest BCUT2D eigenvalue weighted by Crippen LogP contribution is -2.34. The van der Waals surface area contributed by atoms with Gasteiger partial charge in [0.05, 0.1) is 7.05 Å². The van der Waals surface area contributed by atoms with Crippen LogP contribution in [0.4, 0.5) is 0 Å². The smallest absolute Gasteiger partial charge is 0.106 e. The minimum atomic E-state index is 0.821. The fraction of sp³-hybridized carbons (Fsp3) is 0.857. The summed E-state index contributed by atoms with van der Waals surface area (Å²) in [5.41, 5.74) is 0. The zero-order valence-corrected chi connectivity index (χ0v) is 6.30. The van der Waals surface area contributed by atoms with E-state index in [1.165, 1.54) is 19.5 Å². The normalized spacial score (nSPS) is 43.1. The number of nitrogens with zero attached hydrogens (tertiary/aromatic N) is 2. The molecule has 52 valence electrons.